The molecule has 162 valence electrons. The van der Waals surface area contributed by atoms with E-state index in [0.29, 0.717) is 22.9 Å². The molecular weight excluding hydrogens is 442 g/mol. The molecule has 1 atom stereocenters. The number of hydrogen-bond donors (Lipinski definition) is 1. The summed E-state index contributed by atoms with van der Waals surface area (Å²) in [5.74, 6) is 0.306. The van der Waals surface area contributed by atoms with Gasteiger partial charge in [0, 0.05) is 22.7 Å². The summed E-state index contributed by atoms with van der Waals surface area (Å²) in [6.07, 6.45) is 2.33. The zero-order chi connectivity index (χ0) is 22.3. The van der Waals surface area contributed by atoms with Gasteiger partial charge in [-0.15, -0.1) is 11.8 Å². The predicted molar refractivity (Wildman–Crippen MR) is 130 cm³/mol. The molecule has 1 saturated heterocycles. The fourth-order valence-corrected chi connectivity index (χ4v) is 4.87. The number of nitrogens with zero attached hydrogens (tertiary/aromatic N) is 2. The second-order valence-corrected chi connectivity index (χ2v) is 8.80. The SMILES string of the molecule is O=C(N/N=C\c1ccccc1Cl)c1ccc([C@@H]2SCC(=O)N2CCc2ccccc2)cc1. The van der Waals surface area contributed by atoms with Crippen molar-refractivity contribution in [3.8, 4) is 0 Å². The number of halogens is 1. The summed E-state index contributed by atoms with van der Waals surface area (Å²) < 4.78 is 0. The Morgan fingerprint density at radius 2 is 1.78 bits per heavy atom. The van der Waals surface area contributed by atoms with Gasteiger partial charge in [0.25, 0.3) is 5.91 Å². The zero-order valence-electron chi connectivity index (χ0n) is 17.3. The maximum atomic E-state index is 12.4. The number of hydrogen-bond acceptors (Lipinski definition) is 4. The second kappa shape index (κ2) is 10.5. The average Bonchev–Trinajstić information content (AvgIpc) is 3.20. The molecule has 0 spiro atoms. The Hall–Kier alpha value is -3.09. The molecule has 1 aliphatic heterocycles. The van der Waals surface area contributed by atoms with Crippen LogP contribution >= 0.6 is 23.4 Å². The Kier molecular flexibility index (Phi) is 7.24. The number of rotatable bonds is 7. The van der Waals surface area contributed by atoms with E-state index in [1.807, 2.05) is 53.4 Å². The van der Waals surface area contributed by atoms with E-state index in [-0.39, 0.29) is 17.2 Å². The summed E-state index contributed by atoms with van der Waals surface area (Å²) in [4.78, 5) is 26.7. The molecule has 1 aliphatic rings. The lowest BCUT2D eigenvalue weighted by Gasteiger charge is -2.24. The normalized spacial score (nSPS) is 16.0. The van der Waals surface area contributed by atoms with Gasteiger partial charge in [-0.05, 0) is 35.7 Å². The minimum Gasteiger partial charge on any atom is -0.326 e. The van der Waals surface area contributed by atoms with Gasteiger partial charge in [-0.3, -0.25) is 9.59 Å². The van der Waals surface area contributed by atoms with Gasteiger partial charge in [0.05, 0.1) is 12.0 Å². The fraction of sp³-hybridized carbons (Fsp3) is 0.160. The number of thioether (sulfide) groups is 1. The molecule has 0 aliphatic carbocycles. The van der Waals surface area contributed by atoms with Gasteiger partial charge in [-0.25, -0.2) is 5.43 Å². The number of carbonyl (C=O) groups is 2. The van der Waals surface area contributed by atoms with Crippen molar-refractivity contribution < 1.29 is 9.59 Å². The van der Waals surface area contributed by atoms with Gasteiger partial charge in [-0.2, -0.15) is 5.10 Å². The van der Waals surface area contributed by atoms with Crippen molar-refractivity contribution >= 4 is 41.4 Å². The van der Waals surface area contributed by atoms with Crippen LogP contribution in [0.3, 0.4) is 0 Å². The highest BCUT2D eigenvalue weighted by molar-refractivity contribution is 8.00. The molecule has 1 N–H and O–H groups in total. The van der Waals surface area contributed by atoms with Crippen LogP contribution in [0.25, 0.3) is 0 Å². The highest BCUT2D eigenvalue weighted by Crippen LogP contribution is 2.38. The zero-order valence-corrected chi connectivity index (χ0v) is 18.9. The van der Waals surface area contributed by atoms with Crippen molar-refractivity contribution in [2.24, 2.45) is 5.10 Å². The monoisotopic (exact) mass is 463 g/mol. The van der Waals surface area contributed by atoms with Crippen LogP contribution in [0.5, 0.6) is 0 Å². The molecule has 0 unspecified atom stereocenters. The van der Waals surface area contributed by atoms with Crippen molar-refractivity contribution in [3.63, 3.8) is 0 Å². The van der Waals surface area contributed by atoms with Gasteiger partial charge in [-0.1, -0.05) is 72.3 Å². The lowest BCUT2D eigenvalue weighted by atomic mass is 10.1. The number of nitrogens with one attached hydrogen (secondary N) is 1. The molecule has 5 nitrogen and oxygen atoms in total. The summed E-state index contributed by atoms with van der Waals surface area (Å²) in [7, 11) is 0. The molecule has 3 aromatic carbocycles. The van der Waals surface area contributed by atoms with Gasteiger partial charge < -0.3 is 4.90 Å². The highest BCUT2D eigenvalue weighted by atomic mass is 35.5. The van der Waals surface area contributed by atoms with Crippen molar-refractivity contribution in [1.29, 1.82) is 0 Å². The average molecular weight is 464 g/mol. The quantitative estimate of drug-likeness (QED) is 0.399. The Bertz CT molecular complexity index is 1120. The van der Waals surface area contributed by atoms with Gasteiger partial charge in [0.15, 0.2) is 0 Å². The lowest BCUT2D eigenvalue weighted by molar-refractivity contribution is -0.128. The number of amides is 2. The molecule has 2 amide bonds. The Morgan fingerprint density at radius 3 is 2.53 bits per heavy atom. The third-order valence-electron chi connectivity index (χ3n) is 5.19. The Morgan fingerprint density at radius 1 is 1.06 bits per heavy atom. The minimum atomic E-state index is -0.309. The van der Waals surface area contributed by atoms with Crippen LogP contribution in [0.1, 0.15) is 32.4 Å². The van der Waals surface area contributed by atoms with Crippen LogP contribution in [0.2, 0.25) is 5.02 Å². The van der Waals surface area contributed by atoms with E-state index >= 15 is 0 Å². The van der Waals surface area contributed by atoms with E-state index in [4.69, 9.17) is 11.6 Å². The standard InChI is InChI=1S/C25H22ClN3O2S/c26-22-9-5-4-8-21(22)16-27-28-24(31)19-10-12-20(13-11-19)25-29(23(30)17-32-25)15-14-18-6-2-1-3-7-18/h1-13,16,25H,14-15,17H2,(H,28,31)/b27-16-/t25-/m0/s1. The summed E-state index contributed by atoms with van der Waals surface area (Å²) >= 11 is 7.70. The van der Waals surface area contributed by atoms with Gasteiger partial charge >= 0.3 is 0 Å². The van der Waals surface area contributed by atoms with Crippen LogP contribution in [-0.2, 0) is 11.2 Å². The third kappa shape index (κ3) is 5.39. The minimum absolute atomic E-state index is 0.0402. The molecule has 1 fully saturated rings. The molecule has 4 rings (SSSR count). The first kappa shape index (κ1) is 22.1. The molecule has 0 saturated carbocycles. The summed E-state index contributed by atoms with van der Waals surface area (Å²) in [5.41, 5.74) is 5.95. The molecule has 3 aromatic rings. The van der Waals surface area contributed by atoms with Crippen LogP contribution in [-0.4, -0.2) is 35.2 Å². The molecule has 1 heterocycles. The van der Waals surface area contributed by atoms with E-state index in [2.05, 4.69) is 22.7 Å². The smallest absolute Gasteiger partial charge is 0.271 e. The maximum absolute atomic E-state index is 12.4. The number of benzene rings is 3. The summed E-state index contributed by atoms with van der Waals surface area (Å²) in [5, 5.41) is 4.51. The highest BCUT2D eigenvalue weighted by Gasteiger charge is 2.32. The van der Waals surface area contributed by atoms with Crippen molar-refractivity contribution in [1.82, 2.24) is 10.3 Å². The molecule has 7 heteroatoms. The van der Waals surface area contributed by atoms with E-state index < -0.39 is 0 Å². The first-order valence-electron chi connectivity index (χ1n) is 10.2. The van der Waals surface area contributed by atoms with Crippen LogP contribution < -0.4 is 5.43 Å². The molecule has 0 bridgehead atoms. The van der Waals surface area contributed by atoms with E-state index in [1.165, 1.54) is 11.8 Å². The first-order valence-corrected chi connectivity index (χ1v) is 11.7. The number of carbonyl (C=O) groups excluding carboxylic acids is 2. The maximum Gasteiger partial charge on any atom is 0.271 e. The third-order valence-corrected chi connectivity index (χ3v) is 6.79. The second-order valence-electron chi connectivity index (χ2n) is 7.33. The predicted octanol–water partition coefficient (Wildman–Crippen LogP) is 4.92. The van der Waals surface area contributed by atoms with Crippen molar-refractivity contribution in [2.45, 2.75) is 11.8 Å². The van der Waals surface area contributed by atoms with E-state index in [0.717, 1.165) is 17.5 Å². The topological polar surface area (TPSA) is 61.8 Å². The number of hydrazone groups is 1. The van der Waals surface area contributed by atoms with E-state index in [9.17, 15) is 9.59 Å². The summed E-state index contributed by atoms with van der Waals surface area (Å²) in [6, 6.07) is 24.7. The fourth-order valence-electron chi connectivity index (χ4n) is 3.47. The van der Waals surface area contributed by atoms with Crippen LogP contribution in [0.15, 0.2) is 84.0 Å². The molecule has 0 radical (unpaired) electrons. The van der Waals surface area contributed by atoms with Crippen molar-refractivity contribution in [3.05, 3.63) is 106 Å². The summed E-state index contributed by atoms with van der Waals surface area (Å²) in [6.45, 7) is 0.666. The molecular formula is C25H22ClN3O2S. The first-order chi connectivity index (χ1) is 15.6. The lowest BCUT2D eigenvalue weighted by Crippen LogP contribution is -2.30. The van der Waals surface area contributed by atoms with Crippen LogP contribution in [0, 0.1) is 0 Å². The Labute approximate surface area is 196 Å². The van der Waals surface area contributed by atoms with E-state index in [1.54, 1.807) is 30.0 Å². The molecule has 0 aromatic heterocycles. The van der Waals surface area contributed by atoms with Crippen molar-refractivity contribution in [2.75, 3.05) is 12.3 Å². The van der Waals surface area contributed by atoms with Gasteiger partial charge in [0.1, 0.15) is 5.37 Å². The van der Waals surface area contributed by atoms with Crippen LogP contribution in [0.4, 0.5) is 0 Å². The molecule has 32 heavy (non-hydrogen) atoms. The largest absolute Gasteiger partial charge is 0.326 e. The Balaban J connectivity index is 1.38. The van der Waals surface area contributed by atoms with Gasteiger partial charge in [0.2, 0.25) is 5.91 Å².